The zero-order valence-electron chi connectivity index (χ0n) is 16.4. The first kappa shape index (κ1) is 18.6. The fraction of sp³-hybridized carbons (Fsp3) is 0.550. The summed E-state index contributed by atoms with van der Waals surface area (Å²) < 4.78 is 1.96. The SMILES string of the molecule is C=CCn1cc(CN2CCN(c3cc(C(C)C)nc(C)n3)CC2)c(C)n1. The largest absolute Gasteiger partial charge is 0.354 e. The number of anilines is 1. The standard InChI is InChI=1S/C20H30N6/c1-6-7-26-14-18(16(4)23-26)13-24-8-10-25(11-9-24)20-12-19(15(2)3)21-17(5)22-20/h6,12,14-15H,1,7-11,13H2,2-5H3. The number of aryl methyl sites for hydroxylation is 2. The molecule has 140 valence electrons. The van der Waals surface area contributed by atoms with E-state index in [4.69, 9.17) is 0 Å². The Balaban J connectivity index is 1.62. The number of aromatic nitrogens is 4. The number of nitrogens with zero attached hydrogens (tertiary/aromatic N) is 6. The first-order valence-electron chi connectivity index (χ1n) is 9.43. The van der Waals surface area contributed by atoms with Crippen LogP contribution in [0.4, 0.5) is 5.82 Å². The summed E-state index contributed by atoms with van der Waals surface area (Å²) in [6, 6.07) is 2.15. The minimum Gasteiger partial charge on any atom is -0.354 e. The van der Waals surface area contributed by atoms with Gasteiger partial charge in [-0.05, 0) is 19.8 Å². The summed E-state index contributed by atoms with van der Waals surface area (Å²) >= 11 is 0. The van der Waals surface area contributed by atoms with E-state index in [1.165, 1.54) is 5.56 Å². The summed E-state index contributed by atoms with van der Waals surface area (Å²) in [5.41, 5.74) is 3.54. The Morgan fingerprint density at radius 1 is 1.15 bits per heavy atom. The van der Waals surface area contributed by atoms with Gasteiger partial charge in [0, 0.05) is 56.2 Å². The summed E-state index contributed by atoms with van der Waals surface area (Å²) in [4.78, 5) is 14.1. The van der Waals surface area contributed by atoms with Gasteiger partial charge in [0.1, 0.15) is 11.6 Å². The molecule has 0 aliphatic carbocycles. The lowest BCUT2D eigenvalue weighted by Crippen LogP contribution is -2.46. The quantitative estimate of drug-likeness (QED) is 0.747. The third-order valence-corrected chi connectivity index (χ3v) is 4.89. The van der Waals surface area contributed by atoms with Crippen LogP contribution in [0.3, 0.4) is 0 Å². The zero-order chi connectivity index (χ0) is 18.7. The van der Waals surface area contributed by atoms with E-state index in [0.717, 1.165) is 62.3 Å². The van der Waals surface area contributed by atoms with E-state index in [-0.39, 0.29) is 0 Å². The van der Waals surface area contributed by atoms with Gasteiger partial charge in [-0.2, -0.15) is 5.10 Å². The average Bonchev–Trinajstić information content (AvgIpc) is 2.94. The van der Waals surface area contributed by atoms with E-state index >= 15 is 0 Å². The molecule has 1 aliphatic rings. The molecule has 0 aromatic carbocycles. The van der Waals surface area contributed by atoms with Crippen molar-refractivity contribution in [2.24, 2.45) is 0 Å². The Kier molecular flexibility index (Phi) is 5.71. The first-order valence-corrected chi connectivity index (χ1v) is 9.43. The van der Waals surface area contributed by atoms with Crippen LogP contribution in [0.1, 0.15) is 42.5 Å². The van der Waals surface area contributed by atoms with Gasteiger partial charge >= 0.3 is 0 Å². The lowest BCUT2D eigenvalue weighted by molar-refractivity contribution is 0.249. The maximum absolute atomic E-state index is 4.66. The van der Waals surface area contributed by atoms with Crippen molar-refractivity contribution in [1.29, 1.82) is 0 Å². The maximum atomic E-state index is 4.66. The van der Waals surface area contributed by atoms with Crippen LogP contribution in [0, 0.1) is 13.8 Å². The number of hydrogen-bond donors (Lipinski definition) is 0. The third kappa shape index (κ3) is 4.30. The first-order chi connectivity index (χ1) is 12.5. The topological polar surface area (TPSA) is 50.1 Å². The molecule has 3 rings (SSSR count). The van der Waals surface area contributed by atoms with Gasteiger partial charge in [0.05, 0.1) is 12.2 Å². The fourth-order valence-electron chi connectivity index (χ4n) is 3.35. The lowest BCUT2D eigenvalue weighted by atomic mass is 10.1. The van der Waals surface area contributed by atoms with E-state index in [9.17, 15) is 0 Å². The Labute approximate surface area is 156 Å². The van der Waals surface area contributed by atoms with Gasteiger partial charge in [0.2, 0.25) is 0 Å². The van der Waals surface area contributed by atoms with Gasteiger partial charge in [-0.3, -0.25) is 9.58 Å². The highest BCUT2D eigenvalue weighted by Crippen LogP contribution is 2.20. The number of hydrogen-bond acceptors (Lipinski definition) is 5. The molecule has 6 nitrogen and oxygen atoms in total. The van der Waals surface area contributed by atoms with Crippen molar-refractivity contribution in [2.75, 3.05) is 31.1 Å². The van der Waals surface area contributed by atoms with Gasteiger partial charge < -0.3 is 4.90 Å². The van der Waals surface area contributed by atoms with Crippen LogP contribution < -0.4 is 4.90 Å². The molecular weight excluding hydrogens is 324 g/mol. The van der Waals surface area contributed by atoms with Crippen molar-refractivity contribution in [1.82, 2.24) is 24.6 Å². The third-order valence-electron chi connectivity index (χ3n) is 4.89. The Morgan fingerprint density at radius 2 is 1.88 bits per heavy atom. The van der Waals surface area contributed by atoms with Gasteiger partial charge in [-0.25, -0.2) is 9.97 Å². The molecular formula is C20H30N6. The molecule has 3 heterocycles. The second kappa shape index (κ2) is 7.99. The van der Waals surface area contributed by atoms with Crippen molar-refractivity contribution in [3.8, 4) is 0 Å². The highest BCUT2D eigenvalue weighted by Gasteiger charge is 2.20. The molecule has 0 radical (unpaired) electrons. The molecule has 6 heteroatoms. The monoisotopic (exact) mass is 354 g/mol. The minimum atomic E-state index is 0.423. The van der Waals surface area contributed by atoms with Crippen LogP contribution in [0.5, 0.6) is 0 Å². The maximum Gasteiger partial charge on any atom is 0.132 e. The predicted molar refractivity (Wildman–Crippen MR) is 106 cm³/mol. The van der Waals surface area contributed by atoms with Crippen molar-refractivity contribution >= 4 is 5.82 Å². The number of piperazine rings is 1. The Hall–Kier alpha value is -2.21. The van der Waals surface area contributed by atoms with Gasteiger partial charge in [-0.15, -0.1) is 6.58 Å². The van der Waals surface area contributed by atoms with Crippen LogP contribution in [-0.4, -0.2) is 50.8 Å². The van der Waals surface area contributed by atoms with Crippen molar-refractivity contribution in [2.45, 2.75) is 46.7 Å². The van der Waals surface area contributed by atoms with Crippen molar-refractivity contribution in [3.05, 3.63) is 47.7 Å². The van der Waals surface area contributed by atoms with Gasteiger partial charge in [0.15, 0.2) is 0 Å². The molecule has 1 fully saturated rings. The highest BCUT2D eigenvalue weighted by atomic mass is 15.3. The summed E-state index contributed by atoms with van der Waals surface area (Å²) in [5.74, 6) is 2.35. The summed E-state index contributed by atoms with van der Waals surface area (Å²) in [7, 11) is 0. The summed E-state index contributed by atoms with van der Waals surface area (Å²) in [6.07, 6.45) is 4.02. The zero-order valence-corrected chi connectivity index (χ0v) is 16.4. The molecule has 0 amide bonds. The van der Waals surface area contributed by atoms with Crippen molar-refractivity contribution in [3.63, 3.8) is 0 Å². The van der Waals surface area contributed by atoms with Crippen LogP contribution in [-0.2, 0) is 13.1 Å². The molecule has 0 saturated carbocycles. The van der Waals surface area contributed by atoms with Crippen LogP contribution in [0.15, 0.2) is 24.9 Å². The second-order valence-corrected chi connectivity index (χ2v) is 7.37. The van der Waals surface area contributed by atoms with E-state index in [1.807, 2.05) is 17.7 Å². The molecule has 0 N–H and O–H groups in total. The van der Waals surface area contributed by atoms with Crippen LogP contribution in [0.25, 0.3) is 0 Å². The molecule has 26 heavy (non-hydrogen) atoms. The van der Waals surface area contributed by atoms with Crippen LogP contribution in [0.2, 0.25) is 0 Å². The lowest BCUT2D eigenvalue weighted by Gasteiger charge is -2.35. The molecule has 2 aromatic heterocycles. The van der Waals surface area contributed by atoms with E-state index in [2.05, 4.69) is 64.5 Å². The fourth-order valence-corrected chi connectivity index (χ4v) is 3.35. The summed E-state index contributed by atoms with van der Waals surface area (Å²) in [5, 5.41) is 4.56. The predicted octanol–water partition coefficient (Wildman–Crippen LogP) is 2.92. The Bertz CT molecular complexity index is 756. The molecule has 0 bridgehead atoms. The molecule has 0 spiro atoms. The highest BCUT2D eigenvalue weighted by molar-refractivity contribution is 5.41. The molecule has 1 saturated heterocycles. The van der Waals surface area contributed by atoms with E-state index < -0.39 is 0 Å². The van der Waals surface area contributed by atoms with Gasteiger partial charge in [0.25, 0.3) is 0 Å². The molecule has 1 aliphatic heterocycles. The summed E-state index contributed by atoms with van der Waals surface area (Å²) in [6.45, 7) is 18.0. The number of rotatable bonds is 6. The van der Waals surface area contributed by atoms with E-state index in [1.54, 1.807) is 0 Å². The van der Waals surface area contributed by atoms with E-state index in [0.29, 0.717) is 5.92 Å². The average molecular weight is 355 g/mol. The Morgan fingerprint density at radius 3 is 2.54 bits per heavy atom. The molecule has 0 atom stereocenters. The smallest absolute Gasteiger partial charge is 0.132 e. The van der Waals surface area contributed by atoms with Gasteiger partial charge in [-0.1, -0.05) is 19.9 Å². The minimum absolute atomic E-state index is 0.423. The molecule has 0 unspecified atom stereocenters. The number of allylic oxidation sites excluding steroid dienone is 1. The second-order valence-electron chi connectivity index (χ2n) is 7.37. The van der Waals surface area contributed by atoms with Crippen LogP contribution >= 0.6 is 0 Å². The normalized spacial score (nSPS) is 15.7. The van der Waals surface area contributed by atoms with Crippen molar-refractivity contribution < 1.29 is 0 Å². The molecule has 2 aromatic rings.